The maximum Gasteiger partial charge on any atom is 0.315 e. The molecule has 22 heavy (non-hydrogen) atoms. The number of carbonyl (C=O) groups excluding carboxylic acids is 1. The molecule has 5 nitrogen and oxygen atoms in total. The number of pyridine rings is 1. The van der Waals surface area contributed by atoms with E-state index in [4.69, 9.17) is 0 Å². The van der Waals surface area contributed by atoms with Gasteiger partial charge < -0.3 is 15.0 Å². The molecule has 1 saturated carbocycles. The fourth-order valence-corrected chi connectivity index (χ4v) is 3.12. The lowest BCUT2D eigenvalue weighted by Crippen LogP contribution is -2.43. The quantitative estimate of drug-likeness (QED) is 0.834. The number of fused-ring (bicyclic) bond motifs is 1. The summed E-state index contributed by atoms with van der Waals surface area (Å²) in [4.78, 5) is 16.3. The van der Waals surface area contributed by atoms with Gasteiger partial charge in [-0.05, 0) is 31.4 Å². The largest absolute Gasteiger partial charge is 0.338 e. The molecule has 118 valence electrons. The minimum absolute atomic E-state index is 0.0279. The van der Waals surface area contributed by atoms with Gasteiger partial charge in [-0.3, -0.25) is 0 Å². The second-order valence-corrected chi connectivity index (χ2v) is 6.01. The molecule has 0 atom stereocenters. The average Bonchev–Trinajstić information content (AvgIpc) is 2.96. The Kier molecular flexibility index (Phi) is 4.93. The summed E-state index contributed by atoms with van der Waals surface area (Å²) >= 11 is 0. The van der Waals surface area contributed by atoms with Gasteiger partial charge in [0.15, 0.2) is 0 Å². The lowest BCUT2D eigenvalue weighted by molar-refractivity contribution is 0.232. The fraction of sp³-hybridized carbons (Fsp3) is 0.529. The van der Waals surface area contributed by atoms with Gasteiger partial charge in [-0.1, -0.05) is 25.3 Å². The molecule has 2 aromatic heterocycles. The van der Waals surface area contributed by atoms with Crippen LogP contribution in [0.3, 0.4) is 0 Å². The highest BCUT2D eigenvalue weighted by Crippen LogP contribution is 2.17. The van der Waals surface area contributed by atoms with Crippen LogP contribution in [0, 0.1) is 0 Å². The SMILES string of the molecule is O=C(NCCCc1ncc2ccccn12)NC1CCCCC1. The summed E-state index contributed by atoms with van der Waals surface area (Å²) in [5, 5.41) is 6.02. The van der Waals surface area contributed by atoms with E-state index in [0.717, 1.165) is 37.0 Å². The van der Waals surface area contributed by atoms with Crippen LogP contribution in [0.1, 0.15) is 44.3 Å². The molecule has 2 heterocycles. The number of hydrogen-bond donors (Lipinski definition) is 2. The molecule has 1 fully saturated rings. The van der Waals surface area contributed by atoms with Crippen molar-refractivity contribution in [2.24, 2.45) is 0 Å². The van der Waals surface area contributed by atoms with Gasteiger partial charge in [0.1, 0.15) is 5.82 Å². The van der Waals surface area contributed by atoms with Crippen LogP contribution in [0.4, 0.5) is 4.79 Å². The number of imidazole rings is 1. The molecule has 2 amide bonds. The normalized spacial score (nSPS) is 15.8. The van der Waals surface area contributed by atoms with Gasteiger partial charge in [0, 0.05) is 25.2 Å². The van der Waals surface area contributed by atoms with Gasteiger partial charge in [-0.2, -0.15) is 0 Å². The summed E-state index contributed by atoms with van der Waals surface area (Å²) in [6.45, 7) is 0.681. The molecule has 1 aliphatic carbocycles. The number of urea groups is 1. The molecule has 3 rings (SSSR count). The van der Waals surface area contributed by atoms with Crippen molar-refractivity contribution in [3.63, 3.8) is 0 Å². The van der Waals surface area contributed by atoms with Crippen molar-refractivity contribution in [3.8, 4) is 0 Å². The number of nitrogens with zero attached hydrogens (tertiary/aromatic N) is 2. The van der Waals surface area contributed by atoms with Gasteiger partial charge in [0.25, 0.3) is 0 Å². The maximum atomic E-state index is 11.8. The van der Waals surface area contributed by atoms with Crippen molar-refractivity contribution in [1.29, 1.82) is 0 Å². The molecule has 0 aliphatic heterocycles. The van der Waals surface area contributed by atoms with Crippen LogP contribution >= 0.6 is 0 Å². The van der Waals surface area contributed by atoms with Gasteiger partial charge in [0.2, 0.25) is 0 Å². The summed E-state index contributed by atoms with van der Waals surface area (Å²) in [6.07, 6.45) is 11.7. The zero-order valence-corrected chi connectivity index (χ0v) is 12.9. The van der Waals surface area contributed by atoms with Crippen molar-refractivity contribution in [3.05, 3.63) is 36.4 Å². The Hall–Kier alpha value is -2.04. The number of nitrogens with one attached hydrogen (secondary N) is 2. The third kappa shape index (κ3) is 3.78. The Morgan fingerprint density at radius 3 is 3.00 bits per heavy atom. The predicted molar refractivity (Wildman–Crippen MR) is 86.9 cm³/mol. The first-order valence-corrected chi connectivity index (χ1v) is 8.28. The number of carbonyl (C=O) groups is 1. The van der Waals surface area contributed by atoms with Crippen LogP contribution in [-0.2, 0) is 6.42 Å². The van der Waals surface area contributed by atoms with E-state index in [-0.39, 0.29) is 6.03 Å². The molecule has 5 heteroatoms. The topological polar surface area (TPSA) is 58.4 Å². The van der Waals surface area contributed by atoms with Crippen LogP contribution in [0.2, 0.25) is 0 Å². The second-order valence-electron chi connectivity index (χ2n) is 6.01. The van der Waals surface area contributed by atoms with Crippen molar-refractivity contribution in [2.75, 3.05) is 6.54 Å². The lowest BCUT2D eigenvalue weighted by atomic mass is 9.96. The fourth-order valence-electron chi connectivity index (χ4n) is 3.12. The van der Waals surface area contributed by atoms with Gasteiger partial charge in [-0.25, -0.2) is 9.78 Å². The van der Waals surface area contributed by atoms with Crippen LogP contribution in [-0.4, -0.2) is 28.0 Å². The summed E-state index contributed by atoms with van der Waals surface area (Å²) in [5.74, 6) is 1.05. The number of rotatable bonds is 5. The Balaban J connectivity index is 1.39. The number of amides is 2. The average molecular weight is 300 g/mol. The molecule has 0 saturated heterocycles. The highest BCUT2D eigenvalue weighted by Gasteiger charge is 2.15. The monoisotopic (exact) mass is 300 g/mol. The Morgan fingerprint density at radius 2 is 2.14 bits per heavy atom. The van der Waals surface area contributed by atoms with E-state index in [1.807, 2.05) is 30.6 Å². The standard InChI is InChI=1S/C17H24N4O/c22-17(20-14-7-2-1-3-8-14)18-11-6-10-16-19-13-15-9-4-5-12-21(15)16/h4-5,9,12-14H,1-3,6-8,10-11H2,(H2,18,20,22). The van der Waals surface area contributed by atoms with Crippen molar-refractivity contribution in [1.82, 2.24) is 20.0 Å². The van der Waals surface area contributed by atoms with E-state index in [1.54, 1.807) is 0 Å². The molecule has 1 aliphatic rings. The van der Waals surface area contributed by atoms with Crippen molar-refractivity contribution < 1.29 is 4.79 Å². The Labute approximate surface area is 131 Å². The third-order valence-corrected chi connectivity index (χ3v) is 4.32. The zero-order chi connectivity index (χ0) is 15.2. The van der Waals surface area contributed by atoms with Crippen LogP contribution in [0.25, 0.3) is 5.52 Å². The first kappa shape index (κ1) is 14.9. The number of aromatic nitrogens is 2. The van der Waals surface area contributed by atoms with Gasteiger partial charge >= 0.3 is 6.03 Å². The van der Waals surface area contributed by atoms with Crippen LogP contribution in [0.5, 0.6) is 0 Å². The van der Waals surface area contributed by atoms with Crippen molar-refractivity contribution in [2.45, 2.75) is 51.0 Å². The first-order chi connectivity index (χ1) is 10.8. The second kappa shape index (κ2) is 7.29. The van der Waals surface area contributed by atoms with E-state index in [0.29, 0.717) is 12.6 Å². The summed E-state index contributed by atoms with van der Waals surface area (Å²) in [5.41, 5.74) is 1.11. The molecular formula is C17H24N4O. The predicted octanol–water partition coefficient (Wildman–Crippen LogP) is 2.90. The highest BCUT2D eigenvalue weighted by atomic mass is 16.2. The molecule has 0 bridgehead atoms. The van der Waals surface area contributed by atoms with Gasteiger partial charge in [-0.15, -0.1) is 0 Å². The van der Waals surface area contributed by atoms with E-state index < -0.39 is 0 Å². The molecule has 2 N–H and O–H groups in total. The molecule has 0 radical (unpaired) electrons. The smallest absolute Gasteiger partial charge is 0.315 e. The minimum atomic E-state index is -0.0279. The molecule has 0 unspecified atom stereocenters. The lowest BCUT2D eigenvalue weighted by Gasteiger charge is -2.22. The van der Waals surface area contributed by atoms with Gasteiger partial charge in [0.05, 0.1) is 11.7 Å². The van der Waals surface area contributed by atoms with Crippen LogP contribution < -0.4 is 10.6 Å². The summed E-state index contributed by atoms with van der Waals surface area (Å²) in [7, 11) is 0. The highest BCUT2D eigenvalue weighted by molar-refractivity contribution is 5.74. The minimum Gasteiger partial charge on any atom is -0.338 e. The maximum absolute atomic E-state index is 11.8. The summed E-state index contributed by atoms with van der Waals surface area (Å²) < 4.78 is 2.10. The first-order valence-electron chi connectivity index (χ1n) is 8.28. The third-order valence-electron chi connectivity index (χ3n) is 4.32. The number of hydrogen-bond acceptors (Lipinski definition) is 2. The zero-order valence-electron chi connectivity index (χ0n) is 12.9. The summed E-state index contributed by atoms with van der Waals surface area (Å²) in [6, 6.07) is 6.41. The molecule has 2 aromatic rings. The Bertz CT molecular complexity index is 616. The molecule has 0 spiro atoms. The van der Waals surface area contributed by atoms with E-state index in [1.165, 1.54) is 19.3 Å². The van der Waals surface area contributed by atoms with Crippen LogP contribution in [0.15, 0.2) is 30.6 Å². The molecule has 0 aromatic carbocycles. The molecular weight excluding hydrogens is 276 g/mol. The van der Waals surface area contributed by atoms with E-state index in [2.05, 4.69) is 20.0 Å². The van der Waals surface area contributed by atoms with E-state index >= 15 is 0 Å². The van der Waals surface area contributed by atoms with E-state index in [9.17, 15) is 4.79 Å². The Morgan fingerprint density at radius 1 is 1.27 bits per heavy atom. The van der Waals surface area contributed by atoms with Crippen molar-refractivity contribution >= 4 is 11.5 Å². The number of aryl methyl sites for hydroxylation is 1.